The number of ether oxygens (including phenoxy) is 1. The van der Waals surface area contributed by atoms with Gasteiger partial charge in [-0.25, -0.2) is 0 Å². The normalized spacial score (nSPS) is 22.6. The fourth-order valence-corrected chi connectivity index (χ4v) is 2.19. The van der Waals surface area contributed by atoms with Gasteiger partial charge in [0.25, 0.3) is 5.91 Å². The van der Waals surface area contributed by atoms with Gasteiger partial charge in [-0.15, -0.1) is 0 Å². The highest BCUT2D eigenvalue weighted by molar-refractivity contribution is 6.61. The molecule has 3 rings (SSSR count). The summed E-state index contributed by atoms with van der Waals surface area (Å²) in [6.07, 6.45) is 3.57. The maximum atomic E-state index is 11.5. The molecule has 7 heteroatoms. The van der Waals surface area contributed by atoms with Crippen LogP contribution in [0.3, 0.4) is 0 Å². The molecule has 0 bridgehead atoms. The van der Waals surface area contributed by atoms with E-state index in [0.29, 0.717) is 11.3 Å². The maximum absolute atomic E-state index is 11.5. The molecule has 0 spiro atoms. The Balaban J connectivity index is 1.90. The van der Waals surface area contributed by atoms with Gasteiger partial charge in [0.1, 0.15) is 5.75 Å². The van der Waals surface area contributed by atoms with Gasteiger partial charge in [0.15, 0.2) is 0 Å². The summed E-state index contributed by atoms with van der Waals surface area (Å²) in [7, 11) is -0.589. The SMILES string of the molecule is CC1(C)OB(c2cc(OC3CC3)c(C(N)=O)cn2)OC1(C)C. The van der Waals surface area contributed by atoms with Crippen LogP contribution in [0.4, 0.5) is 0 Å². The predicted octanol–water partition coefficient (Wildman–Crippen LogP) is 1.02. The zero-order valence-electron chi connectivity index (χ0n) is 13.4. The average Bonchev–Trinajstić information content (AvgIpc) is 3.17. The molecular weight excluding hydrogens is 283 g/mol. The van der Waals surface area contributed by atoms with Crippen LogP contribution in [0, 0.1) is 0 Å². The van der Waals surface area contributed by atoms with Gasteiger partial charge in [0, 0.05) is 6.20 Å². The van der Waals surface area contributed by atoms with E-state index in [1.807, 2.05) is 27.7 Å². The first-order valence-corrected chi connectivity index (χ1v) is 7.52. The Labute approximate surface area is 130 Å². The van der Waals surface area contributed by atoms with E-state index in [1.165, 1.54) is 6.20 Å². The number of aromatic nitrogens is 1. The van der Waals surface area contributed by atoms with E-state index in [1.54, 1.807) is 6.07 Å². The molecule has 1 amide bonds. The van der Waals surface area contributed by atoms with Crippen LogP contribution in [0.15, 0.2) is 12.3 Å². The predicted molar refractivity (Wildman–Crippen MR) is 82.1 cm³/mol. The van der Waals surface area contributed by atoms with Crippen LogP contribution >= 0.6 is 0 Å². The first-order valence-electron chi connectivity index (χ1n) is 7.52. The molecule has 118 valence electrons. The second-order valence-corrected chi connectivity index (χ2v) is 6.88. The topological polar surface area (TPSA) is 83.7 Å². The standard InChI is InChI=1S/C15H21BN2O4/c1-14(2)15(3,4)22-16(21-14)12-7-11(20-9-5-6-9)10(8-18-12)13(17)19/h7-9H,5-6H2,1-4H3,(H2,17,19). The Hall–Kier alpha value is -1.60. The van der Waals surface area contributed by atoms with Crippen molar-refractivity contribution in [1.82, 2.24) is 4.98 Å². The number of rotatable bonds is 4. The first-order chi connectivity index (χ1) is 10.2. The minimum absolute atomic E-state index is 0.159. The second kappa shape index (κ2) is 4.96. The zero-order valence-corrected chi connectivity index (χ0v) is 13.4. The van der Waals surface area contributed by atoms with Crippen LogP contribution in [0.25, 0.3) is 0 Å². The Bertz CT molecular complexity index is 598. The minimum Gasteiger partial charge on any atom is -0.489 e. The molecule has 1 aromatic rings. The highest BCUT2D eigenvalue weighted by Gasteiger charge is 2.52. The van der Waals surface area contributed by atoms with E-state index in [9.17, 15) is 4.79 Å². The Morgan fingerprint density at radius 2 is 1.91 bits per heavy atom. The number of hydrogen-bond donors (Lipinski definition) is 1. The molecule has 1 aromatic heterocycles. The van der Waals surface area contributed by atoms with Crippen molar-refractivity contribution in [2.24, 2.45) is 5.73 Å². The lowest BCUT2D eigenvalue weighted by Crippen LogP contribution is -2.41. The maximum Gasteiger partial charge on any atom is 0.514 e. The first kappa shape index (κ1) is 15.3. The summed E-state index contributed by atoms with van der Waals surface area (Å²) in [5.74, 6) is -0.0988. The average molecular weight is 304 g/mol. The highest BCUT2D eigenvalue weighted by atomic mass is 16.7. The van der Waals surface area contributed by atoms with Crippen LogP contribution < -0.4 is 16.1 Å². The van der Waals surface area contributed by atoms with Crippen molar-refractivity contribution in [3.05, 3.63) is 17.8 Å². The molecule has 0 unspecified atom stereocenters. The zero-order chi connectivity index (χ0) is 16.1. The molecule has 1 aliphatic carbocycles. The number of pyridine rings is 1. The number of amides is 1. The van der Waals surface area contributed by atoms with E-state index in [4.69, 9.17) is 19.8 Å². The Morgan fingerprint density at radius 3 is 2.41 bits per heavy atom. The minimum atomic E-state index is -0.589. The van der Waals surface area contributed by atoms with Crippen molar-refractivity contribution >= 4 is 18.6 Å². The molecule has 1 saturated carbocycles. The summed E-state index contributed by atoms with van der Waals surface area (Å²) in [4.78, 5) is 15.8. The largest absolute Gasteiger partial charge is 0.514 e. The molecule has 0 radical (unpaired) electrons. The number of primary amides is 1. The van der Waals surface area contributed by atoms with Crippen molar-refractivity contribution in [1.29, 1.82) is 0 Å². The van der Waals surface area contributed by atoms with Crippen molar-refractivity contribution in [3.63, 3.8) is 0 Å². The lowest BCUT2D eigenvalue weighted by molar-refractivity contribution is 0.00578. The van der Waals surface area contributed by atoms with Gasteiger partial charge in [0.05, 0.1) is 28.5 Å². The van der Waals surface area contributed by atoms with Crippen LogP contribution in [0.5, 0.6) is 5.75 Å². The van der Waals surface area contributed by atoms with Gasteiger partial charge in [-0.2, -0.15) is 0 Å². The van der Waals surface area contributed by atoms with Gasteiger partial charge < -0.3 is 19.8 Å². The van der Waals surface area contributed by atoms with E-state index in [-0.39, 0.29) is 11.7 Å². The van der Waals surface area contributed by atoms with Crippen molar-refractivity contribution in [2.75, 3.05) is 0 Å². The molecule has 6 nitrogen and oxygen atoms in total. The quantitative estimate of drug-likeness (QED) is 0.840. The summed E-state index contributed by atoms with van der Waals surface area (Å²) in [6.45, 7) is 7.91. The summed E-state index contributed by atoms with van der Waals surface area (Å²) in [5, 5.41) is 0. The number of hydrogen-bond acceptors (Lipinski definition) is 5. The van der Waals surface area contributed by atoms with E-state index >= 15 is 0 Å². The van der Waals surface area contributed by atoms with Crippen molar-refractivity contribution in [3.8, 4) is 5.75 Å². The molecule has 2 N–H and O–H groups in total. The Kier molecular flexibility index (Phi) is 3.45. The molecule has 22 heavy (non-hydrogen) atoms. The smallest absolute Gasteiger partial charge is 0.489 e. The molecule has 1 saturated heterocycles. The lowest BCUT2D eigenvalue weighted by Gasteiger charge is -2.32. The lowest BCUT2D eigenvalue weighted by atomic mass is 9.84. The van der Waals surface area contributed by atoms with E-state index in [0.717, 1.165) is 12.8 Å². The fourth-order valence-electron chi connectivity index (χ4n) is 2.19. The van der Waals surface area contributed by atoms with Gasteiger partial charge in [-0.1, -0.05) is 0 Å². The fraction of sp³-hybridized carbons (Fsp3) is 0.600. The summed E-state index contributed by atoms with van der Waals surface area (Å²) < 4.78 is 17.7. The molecule has 0 aromatic carbocycles. The molecule has 0 atom stereocenters. The summed E-state index contributed by atoms with van der Waals surface area (Å²) in [6, 6.07) is 1.69. The molecule has 1 aliphatic heterocycles. The van der Waals surface area contributed by atoms with Crippen molar-refractivity contribution in [2.45, 2.75) is 57.8 Å². The molecular formula is C15H21BN2O4. The number of nitrogens with two attached hydrogens (primary N) is 1. The van der Waals surface area contributed by atoms with Gasteiger partial charge in [-0.3, -0.25) is 9.78 Å². The van der Waals surface area contributed by atoms with E-state index in [2.05, 4.69) is 4.98 Å². The number of carbonyl (C=O) groups is 1. The van der Waals surface area contributed by atoms with Gasteiger partial charge >= 0.3 is 7.12 Å². The van der Waals surface area contributed by atoms with Gasteiger partial charge in [-0.05, 0) is 46.6 Å². The second-order valence-electron chi connectivity index (χ2n) is 6.88. The van der Waals surface area contributed by atoms with Crippen LogP contribution in [-0.4, -0.2) is 35.3 Å². The molecule has 2 aliphatic rings. The van der Waals surface area contributed by atoms with Crippen LogP contribution in [0.1, 0.15) is 50.9 Å². The van der Waals surface area contributed by atoms with Gasteiger partial charge in [0.2, 0.25) is 0 Å². The number of carbonyl (C=O) groups excluding carboxylic acids is 1. The highest BCUT2D eigenvalue weighted by Crippen LogP contribution is 2.36. The van der Waals surface area contributed by atoms with Crippen molar-refractivity contribution < 1.29 is 18.8 Å². The van der Waals surface area contributed by atoms with Crippen LogP contribution in [-0.2, 0) is 9.31 Å². The summed E-state index contributed by atoms with van der Waals surface area (Å²) in [5.41, 5.74) is 5.36. The Morgan fingerprint density at radius 1 is 1.32 bits per heavy atom. The molecule has 2 heterocycles. The monoisotopic (exact) mass is 304 g/mol. The van der Waals surface area contributed by atoms with E-state index < -0.39 is 24.2 Å². The number of nitrogens with zero attached hydrogens (tertiary/aromatic N) is 1. The molecule has 2 fully saturated rings. The third kappa shape index (κ3) is 2.70. The summed E-state index contributed by atoms with van der Waals surface area (Å²) >= 11 is 0. The third-order valence-corrected chi connectivity index (χ3v) is 4.47. The van der Waals surface area contributed by atoms with Crippen LogP contribution in [0.2, 0.25) is 0 Å². The third-order valence-electron chi connectivity index (χ3n) is 4.47.